The second kappa shape index (κ2) is 3.54. The molecule has 17 heavy (non-hydrogen) atoms. The van der Waals surface area contributed by atoms with Gasteiger partial charge in [0.25, 0.3) is 5.56 Å². The van der Waals surface area contributed by atoms with Crippen LogP contribution in [0.25, 0.3) is 11.2 Å². The molecule has 90 valence electrons. The van der Waals surface area contributed by atoms with E-state index in [0.717, 1.165) is 0 Å². The number of rotatable bonds is 1. The molecule has 0 aromatic carbocycles. The number of aromatic nitrogens is 4. The number of hydrogen-bond acceptors (Lipinski definition) is 6. The van der Waals surface area contributed by atoms with Crippen LogP contribution < -0.4 is 17.0 Å². The first kappa shape index (κ1) is 10.2. The molecule has 0 saturated carbocycles. The van der Waals surface area contributed by atoms with Crippen LogP contribution in [-0.4, -0.2) is 32.2 Å². The van der Waals surface area contributed by atoms with Crippen LogP contribution in [0.2, 0.25) is 0 Å². The fourth-order valence-corrected chi connectivity index (χ4v) is 1.98. The van der Waals surface area contributed by atoms with Crippen LogP contribution in [0.1, 0.15) is 12.6 Å². The fraction of sp³-hybridized carbons (Fsp3) is 0.444. The first-order valence-corrected chi connectivity index (χ1v) is 5.24. The average molecular weight is 236 g/mol. The molecule has 3 rings (SSSR count). The maximum atomic E-state index is 11.6. The molecule has 1 fully saturated rings. The van der Waals surface area contributed by atoms with Crippen LogP contribution in [0.15, 0.2) is 11.1 Å². The summed E-state index contributed by atoms with van der Waals surface area (Å²) in [5, 5.41) is 0. The summed E-state index contributed by atoms with van der Waals surface area (Å²) in [6.07, 6.45) is 1.96. The molecule has 2 atom stereocenters. The zero-order valence-electron chi connectivity index (χ0n) is 8.96. The van der Waals surface area contributed by atoms with Crippen LogP contribution in [-0.2, 0) is 4.74 Å². The number of fused-ring (bicyclic) bond motifs is 1. The molecule has 0 aliphatic carbocycles. The fourth-order valence-electron chi connectivity index (χ4n) is 1.98. The summed E-state index contributed by atoms with van der Waals surface area (Å²) < 4.78 is 7.19. The molecule has 0 radical (unpaired) electrons. The number of H-pyrrole nitrogens is 1. The molecule has 1 aliphatic rings. The van der Waals surface area contributed by atoms with Crippen molar-refractivity contribution >= 4 is 17.1 Å². The lowest BCUT2D eigenvalue weighted by molar-refractivity contribution is 0.0586. The molecule has 5 N–H and O–H groups in total. The van der Waals surface area contributed by atoms with Crippen molar-refractivity contribution in [3.05, 3.63) is 16.7 Å². The lowest BCUT2D eigenvalue weighted by atomic mass is 10.2. The summed E-state index contributed by atoms with van der Waals surface area (Å²) >= 11 is 0. The first-order valence-electron chi connectivity index (χ1n) is 5.24. The molecule has 2 unspecified atom stereocenters. The quantitative estimate of drug-likeness (QED) is 0.580. The molecule has 8 nitrogen and oxygen atoms in total. The van der Waals surface area contributed by atoms with E-state index in [2.05, 4.69) is 15.0 Å². The van der Waals surface area contributed by atoms with E-state index in [0.29, 0.717) is 18.7 Å². The number of nitrogen functional groups attached to an aromatic ring is 1. The largest absolute Gasteiger partial charge is 0.369 e. The highest BCUT2D eigenvalue weighted by molar-refractivity contribution is 5.70. The third kappa shape index (κ3) is 1.58. The molecular formula is C9H12N6O2. The van der Waals surface area contributed by atoms with Gasteiger partial charge >= 0.3 is 0 Å². The summed E-state index contributed by atoms with van der Waals surface area (Å²) in [5.74, 6) is 0.0616. The van der Waals surface area contributed by atoms with Crippen LogP contribution in [0.4, 0.5) is 5.95 Å². The average Bonchev–Trinajstić information content (AvgIpc) is 2.83. The van der Waals surface area contributed by atoms with Crippen molar-refractivity contribution < 1.29 is 4.74 Å². The van der Waals surface area contributed by atoms with E-state index in [4.69, 9.17) is 16.2 Å². The summed E-state index contributed by atoms with van der Waals surface area (Å²) in [6, 6.07) is -0.00297. The minimum atomic E-state index is -0.353. The molecule has 2 aromatic rings. The Morgan fingerprint density at radius 3 is 3.12 bits per heavy atom. The topological polar surface area (TPSA) is 125 Å². The van der Waals surface area contributed by atoms with Crippen LogP contribution in [0, 0.1) is 0 Å². The van der Waals surface area contributed by atoms with E-state index in [1.807, 2.05) is 0 Å². The Bertz CT molecular complexity index is 617. The van der Waals surface area contributed by atoms with Crippen LogP contribution in [0.3, 0.4) is 0 Å². The van der Waals surface area contributed by atoms with Crippen LogP contribution >= 0.6 is 0 Å². The Labute approximate surface area is 95.6 Å². The Balaban J connectivity index is 2.15. The monoisotopic (exact) mass is 236 g/mol. The summed E-state index contributed by atoms with van der Waals surface area (Å²) in [4.78, 5) is 22.0. The van der Waals surface area contributed by atoms with Gasteiger partial charge < -0.3 is 16.2 Å². The number of nitrogens with one attached hydrogen (secondary N) is 1. The van der Waals surface area contributed by atoms with Gasteiger partial charge in [-0.05, 0) is 0 Å². The molecular weight excluding hydrogens is 224 g/mol. The lowest BCUT2D eigenvalue weighted by Gasteiger charge is -2.11. The normalized spacial score (nSPS) is 24.5. The smallest absolute Gasteiger partial charge is 0.280 e. The molecule has 0 amide bonds. The molecule has 3 heterocycles. The predicted molar refractivity (Wildman–Crippen MR) is 60.1 cm³/mol. The van der Waals surface area contributed by atoms with E-state index in [1.165, 1.54) is 6.33 Å². The maximum Gasteiger partial charge on any atom is 0.280 e. The number of aromatic amines is 1. The third-order valence-corrected chi connectivity index (χ3v) is 2.77. The van der Waals surface area contributed by atoms with Crippen LogP contribution in [0.5, 0.6) is 0 Å². The van der Waals surface area contributed by atoms with E-state index < -0.39 is 0 Å². The molecule has 1 saturated heterocycles. The zero-order chi connectivity index (χ0) is 12.0. The van der Waals surface area contributed by atoms with Gasteiger partial charge in [0.05, 0.1) is 12.9 Å². The minimum Gasteiger partial charge on any atom is -0.369 e. The highest BCUT2D eigenvalue weighted by Gasteiger charge is 2.26. The van der Waals surface area contributed by atoms with Crippen molar-refractivity contribution in [2.24, 2.45) is 5.73 Å². The standard InChI is InChI=1S/C9H12N6O2/c10-4-1-5(17-2-4)15-3-12-6-7(15)13-9(11)14-8(6)16/h3-5H,1-2,10H2,(H3,11,13,14,16). The van der Waals surface area contributed by atoms with Gasteiger partial charge in [-0.2, -0.15) is 4.98 Å². The van der Waals surface area contributed by atoms with Crippen molar-refractivity contribution in [1.29, 1.82) is 0 Å². The highest BCUT2D eigenvalue weighted by atomic mass is 16.5. The van der Waals surface area contributed by atoms with Gasteiger partial charge in [0.2, 0.25) is 5.95 Å². The second-order valence-corrected chi connectivity index (χ2v) is 4.06. The molecule has 2 aromatic heterocycles. The van der Waals surface area contributed by atoms with Gasteiger partial charge in [-0.15, -0.1) is 0 Å². The number of hydrogen-bond donors (Lipinski definition) is 3. The van der Waals surface area contributed by atoms with Crippen molar-refractivity contribution in [2.45, 2.75) is 18.7 Å². The number of ether oxygens (including phenoxy) is 1. The van der Waals surface area contributed by atoms with Gasteiger partial charge in [-0.25, -0.2) is 4.98 Å². The summed E-state index contributed by atoms with van der Waals surface area (Å²) in [5.41, 5.74) is 11.6. The van der Waals surface area contributed by atoms with E-state index in [-0.39, 0.29) is 29.3 Å². The van der Waals surface area contributed by atoms with Crippen molar-refractivity contribution in [1.82, 2.24) is 19.5 Å². The Kier molecular flexibility index (Phi) is 2.13. The highest BCUT2D eigenvalue weighted by Crippen LogP contribution is 2.24. The minimum absolute atomic E-state index is 0.00297. The number of nitrogens with zero attached hydrogens (tertiary/aromatic N) is 3. The van der Waals surface area contributed by atoms with Gasteiger partial charge in [-0.1, -0.05) is 0 Å². The second-order valence-electron chi connectivity index (χ2n) is 4.06. The number of nitrogens with two attached hydrogens (primary N) is 2. The summed E-state index contributed by atoms with van der Waals surface area (Å²) in [7, 11) is 0. The van der Waals surface area contributed by atoms with Crippen molar-refractivity contribution in [3.8, 4) is 0 Å². The van der Waals surface area contributed by atoms with E-state index in [1.54, 1.807) is 4.57 Å². The van der Waals surface area contributed by atoms with Gasteiger partial charge in [0.1, 0.15) is 6.23 Å². The van der Waals surface area contributed by atoms with E-state index in [9.17, 15) is 4.79 Å². The van der Waals surface area contributed by atoms with Crippen molar-refractivity contribution in [3.63, 3.8) is 0 Å². The molecule has 0 spiro atoms. The molecule has 0 bridgehead atoms. The molecule has 8 heteroatoms. The Morgan fingerprint density at radius 2 is 2.41 bits per heavy atom. The summed E-state index contributed by atoms with van der Waals surface area (Å²) in [6.45, 7) is 0.489. The lowest BCUT2D eigenvalue weighted by Crippen LogP contribution is -2.19. The van der Waals surface area contributed by atoms with Crippen molar-refractivity contribution in [2.75, 3.05) is 12.3 Å². The number of anilines is 1. The van der Waals surface area contributed by atoms with Gasteiger partial charge in [-0.3, -0.25) is 14.3 Å². The zero-order valence-corrected chi connectivity index (χ0v) is 8.96. The Morgan fingerprint density at radius 1 is 1.59 bits per heavy atom. The first-order chi connectivity index (χ1) is 8.15. The third-order valence-electron chi connectivity index (χ3n) is 2.77. The van der Waals surface area contributed by atoms with Gasteiger partial charge in [0.15, 0.2) is 11.2 Å². The van der Waals surface area contributed by atoms with Gasteiger partial charge in [0, 0.05) is 12.5 Å². The Hall–Kier alpha value is -1.93. The SMILES string of the molecule is Nc1nc2c(ncn2C2CC(N)CO2)c(=O)[nH]1. The van der Waals surface area contributed by atoms with E-state index >= 15 is 0 Å². The predicted octanol–water partition coefficient (Wildman–Crippen LogP) is -1.05. The number of imidazole rings is 1. The maximum absolute atomic E-state index is 11.6. The molecule has 1 aliphatic heterocycles.